The van der Waals surface area contributed by atoms with Crippen LogP contribution in [0, 0.1) is 5.92 Å². The average molecular weight is 487 g/mol. The van der Waals surface area contributed by atoms with E-state index < -0.39 is 59.6 Å². The summed E-state index contributed by atoms with van der Waals surface area (Å²) in [5.74, 6) is -5.83. The van der Waals surface area contributed by atoms with Gasteiger partial charge in [0.25, 0.3) is 11.4 Å². The number of H-pyrrole nitrogens is 1. The minimum absolute atomic E-state index is 0.00348. The summed E-state index contributed by atoms with van der Waals surface area (Å²) in [5.41, 5.74) is -4.65. The lowest BCUT2D eigenvalue weighted by Gasteiger charge is -2.29. The number of alkyl halides is 2. The maximum Gasteiger partial charge on any atom is 0.338 e. The van der Waals surface area contributed by atoms with E-state index in [9.17, 15) is 19.2 Å². The van der Waals surface area contributed by atoms with E-state index >= 15 is 8.78 Å². The van der Waals surface area contributed by atoms with E-state index in [1.807, 2.05) is 4.98 Å². The molecule has 1 aliphatic rings. The van der Waals surface area contributed by atoms with Gasteiger partial charge < -0.3 is 14.2 Å². The fraction of sp³-hybridized carbons (Fsp3) is 0.429. The lowest BCUT2D eigenvalue weighted by atomic mass is 9.96. The van der Waals surface area contributed by atoms with Crippen molar-refractivity contribution < 1.29 is 32.6 Å². The van der Waals surface area contributed by atoms with Gasteiger partial charge in [0.05, 0.1) is 11.5 Å². The highest BCUT2D eigenvalue weighted by molar-refractivity contribution is 6.30. The lowest BCUT2D eigenvalue weighted by Crippen LogP contribution is -2.51. The molecule has 1 aliphatic heterocycles. The predicted molar refractivity (Wildman–Crippen MR) is 111 cm³/mol. The lowest BCUT2D eigenvalue weighted by molar-refractivity contribution is -0.219. The minimum atomic E-state index is -3.16. The topological polar surface area (TPSA) is 117 Å². The third-order valence-corrected chi connectivity index (χ3v) is 5.20. The summed E-state index contributed by atoms with van der Waals surface area (Å²) in [6.45, 7) is 2.61. The monoisotopic (exact) mass is 486 g/mol. The summed E-state index contributed by atoms with van der Waals surface area (Å²) in [4.78, 5) is 50.0. The number of nitrogens with zero attached hydrogens (tertiary/aromatic N) is 1. The van der Waals surface area contributed by atoms with Crippen molar-refractivity contribution in [3.63, 3.8) is 0 Å². The van der Waals surface area contributed by atoms with Gasteiger partial charge in [-0.25, -0.2) is 18.4 Å². The Morgan fingerprint density at radius 2 is 1.97 bits per heavy atom. The quantitative estimate of drug-likeness (QED) is 0.623. The largest absolute Gasteiger partial charge is 0.456 e. The second-order valence-electron chi connectivity index (χ2n) is 7.98. The molecule has 1 fully saturated rings. The molecule has 0 bridgehead atoms. The molecular formula is C21H21ClF2N2O7. The Hall–Kier alpha value is -3.05. The summed E-state index contributed by atoms with van der Waals surface area (Å²) in [7, 11) is 0. The van der Waals surface area contributed by atoms with Crippen molar-refractivity contribution in [2.24, 2.45) is 5.92 Å². The molecule has 12 heteroatoms. The van der Waals surface area contributed by atoms with Crippen molar-refractivity contribution in [3.05, 3.63) is 68.0 Å². The van der Waals surface area contributed by atoms with Crippen LogP contribution >= 0.6 is 11.6 Å². The molecule has 0 saturated carbocycles. The molecule has 9 nitrogen and oxygen atoms in total. The average Bonchev–Trinajstić information content (AvgIpc) is 2.93. The molecule has 0 aliphatic carbocycles. The van der Waals surface area contributed by atoms with Crippen molar-refractivity contribution in [1.82, 2.24) is 9.55 Å². The van der Waals surface area contributed by atoms with E-state index in [-0.39, 0.29) is 10.6 Å². The van der Waals surface area contributed by atoms with Crippen LogP contribution in [0.2, 0.25) is 5.02 Å². The van der Waals surface area contributed by atoms with Gasteiger partial charge in [0.2, 0.25) is 6.10 Å². The van der Waals surface area contributed by atoms with E-state index in [0.29, 0.717) is 4.57 Å². The number of hydrogen-bond acceptors (Lipinski definition) is 7. The number of aromatic amines is 1. The summed E-state index contributed by atoms with van der Waals surface area (Å²) < 4.78 is 47.7. The van der Waals surface area contributed by atoms with Crippen LogP contribution in [-0.2, 0) is 19.0 Å². The van der Waals surface area contributed by atoms with E-state index in [1.165, 1.54) is 38.1 Å². The summed E-state index contributed by atoms with van der Waals surface area (Å²) in [5, 5.41) is 0.231. The molecule has 0 amide bonds. The second-order valence-corrected chi connectivity index (χ2v) is 8.42. The van der Waals surface area contributed by atoms with Crippen molar-refractivity contribution >= 4 is 23.5 Å². The zero-order valence-corrected chi connectivity index (χ0v) is 18.6. The van der Waals surface area contributed by atoms with Crippen LogP contribution in [0.5, 0.6) is 0 Å². The number of nitrogens with one attached hydrogen (secondary N) is 1. The molecule has 4 atom stereocenters. The first-order valence-corrected chi connectivity index (χ1v) is 10.2. The van der Waals surface area contributed by atoms with E-state index in [1.54, 1.807) is 0 Å². The summed E-state index contributed by atoms with van der Waals surface area (Å²) in [6, 6.07) is 6.54. The highest BCUT2D eigenvalue weighted by Crippen LogP contribution is 2.49. The zero-order chi connectivity index (χ0) is 24.6. The Kier molecular flexibility index (Phi) is 6.75. The highest BCUT2D eigenvalue weighted by atomic mass is 35.5. The highest BCUT2D eigenvalue weighted by Gasteiger charge is 2.68. The number of halogens is 3. The van der Waals surface area contributed by atoms with Crippen LogP contribution in [0.15, 0.2) is 46.1 Å². The van der Waals surface area contributed by atoms with Crippen molar-refractivity contribution in [2.45, 2.75) is 44.6 Å². The van der Waals surface area contributed by atoms with Crippen molar-refractivity contribution in [2.75, 3.05) is 6.61 Å². The van der Waals surface area contributed by atoms with E-state index in [4.69, 9.17) is 25.8 Å². The maximum absolute atomic E-state index is 16.0. The third kappa shape index (κ3) is 4.98. The predicted octanol–water partition coefficient (Wildman–Crippen LogP) is 2.54. The summed E-state index contributed by atoms with van der Waals surface area (Å²) in [6.07, 6.45) is -3.26. The fourth-order valence-corrected chi connectivity index (χ4v) is 3.47. The first kappa shape index (κ1) is 24.6. The van der Waals surface area contributed by atoms with Crippen LogP contribution < -0.4 is 11.2 Å². The van der Waals surface area contributed by atoms with Crippen LogP contribution in [0.1, 0.15) is 37.4 Å². The van der Waals surface area contributed by atoms with Crippen LogP contribution in [0.3, 0.4) is 0 Å². The maximum atomic E-state index is 16.0. The number of benzene rings is 1. The molecule has 2 heterocycles. The SMILES string of the molecule is CC(C)C(=O)O[C@H]1[C@@](C)(F)[C@H](n2ccc(=O)[nH]c2=O)O[C@]1(F)COC(=O)c1cccc(Cl)c1. The summed E-state index contributed by atoms with van der Waals surface area (Å²) >= 11 is 5.83. The molecule has 1 aromatic heterocycles. The van der Waals surface area contributed by atoms with Gasteiger partial charge in [0.15, 0.2) is 18.5 Å². The normalized spacial score (nSPS) is 26.9. The Bertz CT molecular complexity index is 1180. The Balaban J connectivity index is 1.95. The molecule has 178 valence electrons. The first-order chi connectivity index (χ1) is 15.3. The molecule has 1 saturated heterocycles. The van der Waals surface area contributed by atoms with E-state index in [2.05, 4.69) is 0 Å². The van der Waals surface area contributed by atoms with Gasteiger partial charge >= 0.3 is 17.6 Å². The number of rotatable bonds is 6. The second kappa shape index (κ2) is 9.06. The molecular weight excluding hydrogens is 466 g/mol. The zero-order valence-electron chi connectivity index (χ0n) is 17.8. The number of carbonyl (C=O) groups is 2. The third-order valence-electron chi connectivity index (χ3n) is 4.96. The molecule has 0 spiro atoms. The number of esters is 2. The standard InChI is InChI=1S/C21H21ClF2N2O7/c1-11(2)15(28)32-17-20(3,23)18(26-8-7-14(27)25-19(26)30)33-21(17,24)10-31-16(29)12-5-4-6-13(22)9-12/h4-9,11,17-18H,10H2,1-3H3,(H,25,27,30)/t17-,18+,20+,21+/m0/s1. The smallest absolute Gasteiger partial charge is 0.338 e. The molecule has 33 heavy (non-hydrogen) atoms. The van der Waals surface area contributed by atoms with Crippen molar-refractivity contribution in [1.29, 1.82) is 0 Å². The minimum Gasteiger partial charge on any atom is -0.456 e. The van der Waals surface area contributed by atoms with Gasteiger partial charge in [-0.2, -0.15) is 0 Å². The van der Waals surface area contributed by atoms with Gasteiger partial charge in [0, 0.05) is 17.3 Å². The van der Waals surface area contributed by atoms with Gasteiger partial charge in [0.1, 0.15) is 0 Å². The van der Waals surface area contributed by atoms with Gasteiger partial charge in [-0.05, 0) is 25.1 Å². The molecule has 1 N–H and O–H groups in total. The molecule has 1 aromatic carbocycles. The van der Waals surface area contributed by atoms with Crippen molar-refractivity contribution in [3.8, 4) is 0 Å². The molecule has 2 aromatic rings. The van der Waals surface area contributed by atoms with Gasteiger partial charge in [-0.15, -0.1) is 0 Å². The Morgan fingerprint density at radius 3 is 2.58 bits per heavy atom. The Morgan fingerprint density at radius 1 is 1.27 bits per heavy atom. The molecule has 0 unspecified atom stereocenters. The van der Waals surface area contributed by atoms with Gasteiger partial charge in [-0.3, -0.25) is 19.1 Å². The number of aromatic nitrogens is 2. The van der Waals surface area contributed by atoms with Crippen LogP contribution in [0.25, 0.3) is 0 Å². The molecule has 3 rings (SSSR count). The van der Waals surface area contributed by atoms with Crippen LogP contribution in [-0.4, -0.2) is 45.7 Å². The Labute approximate surface area is 191 Å². The number of carbonyl (C=O) groups excluding carboxylic acids is 2. The number of ether oxygens (including phenoxy) is 3. The number of hydrogen-bond donors (Lipinski definition) is 1. The van der Waals surface area contributed by atoms with Crippen LogP contribution in [0.4, 0.5) is 8.78 Å². The first-order valence-electron chi connectivity index (χ1n) is 9.85. The van der Waals surface area contributed by atoms with Gasteiger partial charge in [-0.1, -0.05) is 31.5 Å². The molecule has 0 radical (unpaired) electrons. The fourth-order valence-electron chi connectivity index (χ4n) is 3.28. The van der Waals surface area contributed by atoms with E-state index in [0.717, 1.165) is 19.2 Å².